The van der Waals surface area contributed by atoms with Gasteiger partial charge in [0.2, 0.25) is 0 Å². The number of aliphatic hydroxyl groups is 1. The van der Waals surface area contributed by atoms with Gasteiger partial charge >= 0.3 is 0 Å². The highest BCUT2D eigenvalue weighted by Gasteiger charge is 2.45. The predicted octanol–water partition coefficient (Wildman–Crippen LogP) is 1.45. The quantitative estimate of drug-likeness (QED) is 0.752. The Kier molecular flexibility index (Phi) is 3.58. The highest BCUT2D eigenvalue weighted by atomic mass is 16.3. The van der Waals surface area contributed by atoms with E-state index in [1.165, 1.54) is 11.3 Å². The van der Waals surface area contributed by atoms with Crippen molar-refractivity contribution in [2.75, 3.05) is 13.1 Å². The van der Waals surface area contributed by atoms with Crippen molar-refractivity contribution in [1.29, 1.82) is 0 Å². The first-order chi connectivity index (χ1) is 11.2. The number of benzene rings is 1. The standard InChI is InChI=1S/C19H22N2O2/c1-2-12-11-21-8-6-13(12)9-18(21)19(23)15-5-7-20-17-4-3-14(22)10-16(15)17/h2-5,7,10,12-13,18-19,22-23H,1,6,8-9,11H2/p+1/t12-,13-,18-,19-/m1/s1. The zero-order valence-corrected chi connectivity index (χ0v) is 13.2. The van der Waals surface area contributed by atoms with E-state index in [1.54, 1.807) is 24.4 Å². The van der Waals surface area contributed by atoms with Crippen molar-refractivity contribution in [3.63, 3.8) is 0 Å². The summed E-state index contributed by atoms with van der Waals surface area (Å²) in [6.45, 7) is 6.17. The number of phenolic OH excluding ortho intramolecular Hbond substituents is 1. The van der Waals surface area contributed by atoms with E-state index in [9.17, 15) is 10.2 Å². The van der Waals surface area contributed by atoms with Gasteiger partial charge in [-0.1, -0.05) is 6.08 Å². The largest absolute Gasteiger partial charge is 0.508 e. The minimum absolute atomic E-state index is 0.212. The summed E-state index contributed by atoms with van der Waals surface area (Å²) in [6, 6.07) is 7.25. The van der Waals surface area contributed by atoms with E-state index in [0.29, 0.717) is 11.8 Å². The van der Waals surface area contributed by atoms with Crippen LogP contribution in [0.2, 0.25) is 0 Å². The molecule has 2 aromatic rings. The monoisotopic (exact) mass is 311 g/mol. The molecular formula is C19H23N2O2+. The van der Waals surface area contributed by atoms with Gasteiger partial charge in [-0.3, -0.25) is 4.98 Å². The Hall–Kier alpha value is -1.91. The van der Waals surface area contributed by atoms with Crippen molar-refractivity contribution >= 4 is 10.9 Å². The molecule has 4 heteroatoms. The molecule has 1 aromatic heterocycles. The molecular weight excluding hydrogens is 288 g/mol. The number of rotatable bonds is 3. The van der Waals surface area contributed by atoms with Crippen LogP contribution in [0.15, 0.2) is 43.1 Å². The Bertz CT molecular complexity index is 745. The van der Waals surface area contributed by atoms with Crippen LogP contribution in [-0.2, 0) is 0 Å². The molecule has 4 nitrogen and oxygen atoms in total. The van der Waals surface area contributed by atoms with Crippen LogP contribution >= 0.6 is 0 Å². The Morgan fingerprint density at radius 1 is 1.35 bits per heavy atom. The molecule has 23 heavy (non-hydrogen) atoms. The van der Waals surface area contributed by atoms with Crippen LogP contribution in [0.3, 0.4) is 0 Å². The van der Waals surface area contributed by atoms with E-state index >= 15 is 0 Å². The number of quaternary nitrogens is 1. The average molecular weight is 311 g/mol. The van der Waals surface area contributed by atoms with E-state index in [0.717, 1.165) is 36.0 Å². The van der Waals surface area contributed by atoms with Gasteiger partial charge in [0, 0.05) is 30.3 Å². The van der Waals surface area contributed by atoms with Gasteiger partial charge in [0.15, 0.2) is 0 Å². The maximum atomic E-state index is 11.1. The van der Waals surface area contributed by atoms with Gasteiger partial charge in [0.25, 0.3) is 0 Å². The summed E-state index contributed by atoms with van der Waals surface area (Å²) in [5.74, 6) is 1.44. The summed E-state index contributed by atoms with van der Waals surface area (Å²) in [7, 11) is 0. The fourth-order valence-corrected chi connectivity index (χ4v) is 4.54. The Morgan fingerprint density at radius 3 is 2.96 bits per heavy atom. The number of aliphatic hydroxyl groups excluding tert-OH is 1. The summed E-state index contributed by atoms with van der Waals surface area (Å²) in [5, 5.41) is 21.7. The zero-order valence-electron chi connectivity index (χ0n) is 13.2. The number of nitrogens with one attached hydrogen (secondary N) is 1. The lowest BCUT2D eigenvalue weighted by Gasteiger charge is -2.47. The van der Waals surface area contributed by atoms with Gasteiger partial charge in [-0.15, -0.1) is 6.58 Å². The number of pyridine rings is 1. The number of phenols is 1. The van der Waals surface area contributed by atoms with Gasteiger partial charge < -0.3 is 15.1 Å². The first-order valence-electron chi connectivity index (χ1n) is 8.40. The molecule has 2 bridgehead atoms. The Labute approximate surface area is 136 Å². The zero-order chi connectivity index (χ0) is 16.0. The molecule has 3 saturated heterocycles. The number of hydrogen-bond donors (Lipinski definition) is 3. The molecule has 0 saturated carbocycles. The first kappa shape index (κ1) is 14.7. The molecule has 1 aromatic carbocycles. The van der Waals surface area contributed by atoms with Gasteiger partial charge in [0.1, 0.15) is 17.9 Å². The summed E-state index contributed by atoms with van der Waals surface area (Å²) >= 11 is 0. The number of nitrogens with zero attached hydrogens (tertiary/aromatic N) is 1. The van der Waals surface area contributed by atoms with Crippen LogP contribution < -0.4 is 4.90 Å². The summed E-state index contributed by atoms with van der Waals surface area (Å²) in [6.07, 6.45) is 5.58. The summed E-state index contributed by atoms with van der Waals surface area (Å²) in [4.78, 5) is 5.82. The lowest BCUT2D eigenvalue weighted by Crippen LogP contribution is -3.20. The van der Waals surface area contributed by atoms with Gasteiger partial charge in [-0.25, -0.2) is 0 Å². The lowest BCUT2D eigenvalue weighted by molar-refractivity contribution is -0.949. The average Bonchev–Trinajstić information content (AvgIpc) is 2.60. The molecule has 0 spiro atoms. The number of aromatic nitrogens is 1. The molecule has 0 radical (unpaired) electrons. The highest BCUT2D eigenvalue weighted by molar-refractivity contribution is 5.83. The van der Waals surface area contributed by atoms with Crippen LogP contribution in [0.1, 0.15) is 24.5 Å². The third kappa shape index (κ3) is 2.42. The van der Waals surface area contributed by atoms with Crippen LogP contribution in [-0.4, -0.2) is 34.3 Å². The fourth-order valence-electron chi connectivity index (χ4n) is 4.54. The van der Waals surface area contributed by atoms with Crippen LogP contribution in [0.25, 0.3) is 10.9 Å². The van der Waals surface area contributed by atoms with E-state index in [4.69, 9.17) is 0 Å². The molecule has 4 heterocycles. The fraction of sp³-hybridized carbons (Fsp3) is 0.421. The summed E-state index contributed by atoms with van der Waals surface area (Å²) in [5.41, 5.74) is 1.69. The van der Waals surface area contributed by atoms with Crippen molar-refractivity contribution in [1.82, 2.24) is 4.98 Å². The molecule has 3 fully saturated rings. The second-order valence-corrected chi connectivity index (χ2v) is 6.95. The summed E-state index contributed by atoms with van der Waals surface area (Å²) < 4.78 is 0. The molecule has 5 atom stereocenters. The number of fused-ring (bicyclic) bond motifs is 4. The smallest absolute Gasteiger partial charge is 0.131 e. The number of aromatic hydroxyl groups is 1. The van der Waals surface area contributed by atoms with E-state index < -0.39 is 6.10 Å². The lowest BCUT2D eigenvalue weighted by atomic mass is 9.73. The van der Waals surface area contributed by atoms with E-state index in [-0.39, 0.29) is 11.8 Å². The Balaban J connectivity index is 1.69. The van der Waals surface area contributed by atoms with Gasteiger partial charge in [-0.05, 0) is 35.7 Å². The molecule has 0 aliphatic carbocycles. The second kappa shape index (κ2) is 5.62. The van der Waals surface area contributed by atoms with Crippen molar-refractivity contribution in [3.8, 4) is 5.75 Å². The number of hydrogen-bond acceptors (Lipinski definition) is 3. The minimum Gasteiger partial charge on any atom is -0.508 e. The molecule has 3 N–H and O–H groups in total. The van der Waals surface area contributed by atoms with Crippen LogP contribution in [0.5, 0.6) is 5.75 Å². The molecule has 5 rings (SSSR count). The molecule has 0 amide bonds. The Morgan fingerprint density at radius 2 is 2.22 bits per heavy atom. The molecule has 1 unspecified atom stereocenters. The van der Waals surface area contributed by atoms with Crippen molar-refractivity contribution in [2.45, 2.75) is 25.0 Å². The van der Waals surface area contributed by atoms with E-state index in [1.807, 2.05) is 6.07 Å². The third-order valence-electron chi connectivity index (χ3n) is 5.78. The molecule has 120 valence electrons. The highest BCUT2D eigenvalue weighted by Crippen LogP contribution is 2.34. The van der Waals surface area contributed by atoms with Gasteiger partial charge in [0.05, 0.1) is 18.6 Å². The first-order valence-corrected chi connectivity index (χ1v) is 8.40. The topological polar surface area (TPSA) is 57.8 Å². The maximum Gasteiger partial charge on any atom is 0.131 e. The van der Waals surface area contributed by atoms with Crippen LogP contribution in [0.4, 0.5) is 0 Å². The van der Waals surface area contributed by atoms with E-state index in [2.05, 4.69) is 17.6 Å². The SMILES string of the molecule is C=C[C@@H]1C[NH+]2CC[C@@H]1C[C@@H]2[C@H](O)c1ccnc2ccc(O)cc12. The van der Waals surface area contributed by atoms with Crippen molar-refractivity contribution < 1.29 is 15.1 Å². The van der Waals surface area contributed by atoms with Gasteiger partial charge in [-0.2, -0.15) is 0 Å². The van der Waals surface area contributed by atoms with Crippen molar-refractivity contribution in [2.24, 2.45) is 11.8 Å². The predicted molar refractivity (Wildman–Crippen MR) is 89.3 cm³/mol. The number of piperidine rings is 3. The minimum atomic E-state index is -0.522. The normalized spacial score (nSPS) is 31.2. The second-order valence-electron chi connectivity index (χ2n) is 6.95. The van der Waals surface area contributed by atoms with Crippen molar-refractivity contribution in [3.05, 3.63) is 48.7 Å². The van der Waals surface area contributed by atoms with Crippen LogP contribution in [0, 0.1) is 11.8 Å². The molecule has 3 aliphatic heterocycles. The molecule has 3 aliphatic rings. The maximum absolute atomic E-state index is 11.1. The third-order valence-corrected chi connectivity index (χ3v) is 5.78.